The third-order valence-electron chi connectivity index (χ3n) is 21.9. The molecule has 1 saturated heterocycles. The number of imidazole rings is 1. The number of carbonyl (C=O) groups is 17. The molecule has 0 saturated carbocycles. The molecule has 134 heavy (non-hydrogen) atoms. The number of aliphatic hydroxyl groups is 1. The van der Waals surface area contributed by atoms with Gasteiger partial charge in [-0.15, -0.1) is 0 Å². The number of aliphatic imine (C=N–C) groups is 1. The minimum absolute atomic E-state index is 0.0229. The predicted molar refractivity (Wildman–Crippen MR) is 498 cm³/mol. The zero-order valence-corrected chi connectivity index (χ0v) is 77.7. The van der Waals surface area contributed by atoms with Crippen molar-refractivity contribution in [3.63, 3.8) is 0 Å². The van der Waals surface area contributed by atoms with Crippen LogP contribution in [0.3, 0.4) is 0 Å². The summed E-state index contributed by atoms with van der Waals surface area (Å²) in [7, 11) is -2.50. The fourth-order valence-corrected chi connectivity index (χ4v) is 15.4. The summed E-state index contributed by atoms with van der Waals surface area (Å²) >= 11 is 0. The third-order valence-corrected chi connectivity index (χ3v) is 23.3. The molecule has 1 aliphatic rings. The molecule has 4 aromatic rings. The number of sulfonamides is 1. The first-order valence-electron chi connectivity index (χ1n) is 45.8. The van der Waals surface area contributed by atoms with Crippen molar-refractivity contribution < 1.29 is 95.0 Å². The lowest BCUT2D eigenvalue weighted by Gasteiger charge is -2.27. The van der Waals surface area contributed by atoms with Crippen LogP contribution in [0.1, 0.15) is 223 Å². The van der Waals surface area contributed by atoms with Crippen molar-refractivity contribution >= 4 is 127 Å². The van der Waals surface area contributed by atoms with Crippen LogP contribution in [0.15, 0.2) is 78.3 Å². The van der Waals surface area contributed by atoms with Gasteiger partial charge in [0.1, 0.15) is 60.4 Å². The molecule has 45 nitrogen and oxygen atoms in total. The second kappa shape index (κ2) is 63.4. The second-order valence-electron chi connectivity index (χ2n) is 33.0. The van der Waals surface area contributed by atoms with Crippen molar-refractivity contribution in [2.45, 2.75) is 292 Å². The average molecular weight is 1900 g/mol. The van der Waals surface area contributed by atoms with Gasteiger partial charge in [-0.25, -0.2) is 13.4 Å². The zero-order chi connectivity index (χ0) is 98.9. The van der Waals surface area contributed by atoms with Crippen LogP contribution in [0.5, 0.6) is 0 Å². The van der Waals surface area contributed by atoms with Gasteiger partial charge in [-0.3, -0.25) is 91.2 Å². The van der Waals surface area contributed by atoms with E-state index in [2.05, 4.69) is 96.0 Å². The predicted octanol–water partition coefficient (Wildman–Crippen LogP) is -3.06. The lowest BCUT2D eigenvalue weighted by Crippen LogP contribution is -2.61. The van der Waals surface area contributed by atoms with Crippen molar-refractivity contribution in [2.24, 2.45) is 45.1 Å². The topological polar surface area (TPSA) is 752 Å². The summed E-state index contributed by atoms with van der Waals surface area (Å²) in [5.74, 6) is -14.1. The SMILES string of the molecule is CCCCCCCCCCCCCCCC(=O)NS(=O)(=O)CCCC(=O)NCC(=O)N[C@@H](CO)C(=O)N[C@@H](CCC(N)=O)C(=O)N[C@@H](Cc1cnc[nH]1)C(=O)N[C@@H](CN)C(=O)N[C@@H](CCCC)C(N)=O.CN[C@H]1CCC(=O)NCCCC[C@@H](C(N)=O)NC(=O)[C@H](Cc2c[nH]c3ccccc23)NC(=O)[C@H](CCCN=C(N)N)NC(=O)[C@@H](Cc2ccccc2)NC(=O)[C@H](CCC(N)=O)NC1=O. The van der Waals surface area contributed by atoms with Crippen LogP contribution in [0.25, 0.3) is 10.9 Å². The number of hydrogen-bond donors (Lipinski definition) is 24. The quantitative estimate of drug-likeness (QED) is 0.0119. The number of aromatic amines is 2. The monoisotopic (exact) mass is 1900 g/mol. The van der Waals surface area contributed by atoms with Crippen LogP contribution >= 0.6 is 0 Å². The van der Waals surface area contributed by atoms with E-state index >= 15 is 0 Å². The van der Waals surface area contributed by atoms with Crippen molar-refractivity contribution in [2.75, 3.05) is 45.6 Å². The first-order chi connectivity index (χ1) is 64.0. The number of nitrogens with one attached hydrogen (secondary N) is 16. The van der Waals surface area contributed by atoms with Gasteiger partial charge in [0.2, 0.25) is 110 Å². The zero-order valence-electron chi connectivity index (χ0n) is 76.9. The molecule has 11 atom stereocenters. The summed E-state index contributed by atoms with van der Waals surface area (Å²) in [4.78, 5) is 236. The molecule has 1 aliphatic heterocycles. The van der Waals surface area contributed by atoms with E-state index in [0.29, 0.717) is 48.9 Å². The Balaban J connectivity index is 0.000000562. The van der Waals surface area contributed by atoms with Gasteiger partial charge in [0.15, 0.2) is 5.96 Å². The number of nitrogens with zero attached hydrogens (tertiary/aromatic N) is 2. The van der Waals surface area contributed by atoms with Gasteiger partial charge in [-0.2, -0.15) is 0 Å². The number of unbranched alkanes of at least 4 members (excludes halogenated alkanes) is 13. The van der Waals surface area contributed by atoms with E-state index in [1.54, 1.807) is 36.5 Å². The molecule has 17 amide bonds. The van der Waals surface area contributed by atoms with Crippen LogP contribution < -0.4 is 114 Å². The molecule has 1 fully saturated rings. The summed E-state index contributed by atoms with van der Waals surface area (Å²) in [6, 6.07) is 1.62. The van der Waals surface area contributed by atoms with E-state index < -0.39 is 209 Å². The normalized spacial score (nSPS) is 17.8. The smallest absolute Gasteiger partial charge is 0.245 e. The highest BCUT2D eigenvalue weighted by atomic mass is 32.2. The summed E-state index contributed by atoms with van der Waals surface area (Å²) < 4.78 is 26.9. The third kappa shape index (κ3) is 46.1. The molecule has 2 aromatic heterocycles. The number of hydrogen-bond acceptors (Lipinski definition) is 24. The highest BCUT2D eigenvalue weighted by Gasteiger charge is 2.37. The van der Waals surface area contributed by atoms with E-state index in [4.69, 9.17) is 40.1 Å². The molecule has 46 heteroatoms. The minimum Gasteiger partial charge on any atom is -0.394 e. The number of benzene rings is 2. The Kier molecular flexibility index (Phi) is 53.8. The Morgan fingerprint density at radius 3 is 1.69 bits per heavy atom. The maximum Gasteiger partial charge on any atom is 0.245 e. The summed E-state index contributed by atoms with van der Waals surface area (Å²) in [5.41, 5.74) is 41.2. The number of likely N-dealkylation sites (N-methyl/N-ethyl adjacent to an activating group) is 1. The molecule has 0 bridgehead atoms. The molecule has 31 N–H and O–H groups in total. The number of fused-ring (bicyclic) bond motifs is 1. The number of carbonyl (C=O) groups excluding carboxylic acids is 17. The van der Waals surface area contributed by atoms with E-state index in [1.165, 1.54) is 70.9 Å². The lowest BCUT2D eigenvalue weighted by molar-refractivity contribution is -0.135. The van der Waals surface area contributed by atoms with Gasteiger partial charge in [-0.1, -0.05) is 152 Å². The molecule has 2 aromatic carbocycles. The molecule has 0 spiro atoms. The minimum atomic E-state index is -4.01. The van der Waals surface area contributed by atoms with Gasteiger partial charge in [-0.05, 0) is 94.9 Å². The second-order valence-corrected chi connectivity index (χ2v) is 34.8. The van der Waals surface area contributed by atoms with Gasteiger partial charge in [0, 0.05) is 100.0 Å². The number of para-hydroxylation sites is 1. The van der Waals surface area contributed by atoms with Crippen molar-refractivity contribution in [1.29, 1.82) is 0 Å². The van der Waals surface area contributed by atoms with Gasteiger partial charge < -0.3 is 124 Å². The molecule has 744 valence electrons. The van der Waals surface area contributed by atoms with E-state index in [9.17, 15) is 95.0 Å². The number of guanidine groups is 1. The van der Waals surface area contributed by atoms with E-state index in [1.807, 2.05) is 35.9 Å². The molecule has 3 heterocycles. The maximum absolute atomic E-state index is 14.4. The van der Waals surface area contributed by atoms with Crippen molar-refractivity contribution in [1.82, 2.24) is 88.8 Å². The first-order valence-corrected chi connectivity index (χ1v) is 47.5. The molecule has 5 rings (SSSR count). The van der Waals surface area contributed by atoms with Crippen molar-refractivity contribution in [3.8, 4) is 0 Å². The number of aromatic nitrogens is 3. The highest BCUT2D eigenvalue weighted by molar-refractivity contribution is 7.90. The molecule has 0 aliphatic carbocycles. The lowest BCUT2D eigenvalue weighted by atomic mass is 10.0. The standard InChI is InChI=1S/C45H80N12O12S.C43H61N13O8/c1-3-5-7-8-9-10-11-12-13-14-15-16-17-20-39(61)57-70(68,69)24-18-21-38(60)50-28-40(62)52-36(29-58)45(67)54-33(22-23-37(47)59)42(64)55-34(25-31-27-49-30-51-31)43(65)56-35(26-46)44(66)53-32(41(48)63)19-6-4-2;1-48-30-17-19-36(58)49-20-8-7-14-29(37(45)59)52-42(64)34(23-26-24-51-28-13-6-5-12-27(26)28)56-39(61)31(15-9-21-50-43(46)47)53-41(63)33(22-25-10-3-2-4-11-25)55-40(62)32(54-38(30)60)16-18-35(44)57/h27,30,32-36,58H,3-26,28-29,46H2,1-2H3,(H2,47,59)(H2,48,63)(H,49,51)(H,50,60)(H,52,62)(H,53,66)(H,54,67)(H,55,64)(H,56,65)(H,57,61);2-6,10-13,24,29-34,48,51H,7-9,14-23H2,1H3,(H2,44,57)(H2,45,59)(H,49,58)(H,52,64)(H,53,63)(H,54,60)(H,55,62)(H,56,61)(H4,46,47,50)/t32-,33-,34-,35-,36-;29-,30-,31-,32-,33+,34-/m00/s1. The Hall–Kier alpha value is -12.7. The molecular weight excluding hydrogens is 1760 g/mol. The Bertz CT molecular complexity index is 4580. The number of H-pyrrole nitrogens is 2. The van der Waals surface area contributed by atoms with Crippen molar-refractivity contribution in [3.05, 3.63) is 90.1 Å². The molecule has 0 radical (unpaired) electrons. The Labute approximate surface area is 780 Å². The fourth-order valence-electron chi connectivity index (χ4n) is 14.3. The number of amides is 17. The molecular formula is C88H141N25O20S. The van der Waals surface area contributed by atoms with Crippen LogP contribution in [-0.2, 0) is 111 Å². The van der Waals surface area contributed by atoms with Gasteiger partial charge in [0.25, 0.3) is 0 Å². The number of primary amides is 4. The van der Waals surface area contributed by atoms with Crippen LogP contribution in [0.2, 0.25) is 0 Å². The Morgan fingerprint density at radius 2 is 1.09 bits per heavy atom. The summed E-state index contributed by atoms with van der Waals surface area (Å²) in [6.07, 6.45) is 19.6. The van der Waals surface area contributed by atoms with Crippen LogP contribution in [0, 0.1) is 0 Å². The summed E-state index contributed by atoms with van der Waals surface area (Å²) in [6.45, 7) is 2.31. The van der Waals surface area contributed by atoms with E-state index in [-0.39, 0.29) is 115 Å². The average Bonchev–Trinajstić information content (AvgIpc) is 1.65. The fraction of sp³-hybridized carbons (Fsp3) is 0.602. The summed E-state index contributed by atoms with van der Waals surface area (Å²) in [5, 5.41) is 44.1. The maximum atomic E-state index is 14.4. The largest absolute Gasteiger partial charge is 0.394 e. The van der Waals surface area contributed by atoms with Gasteiger partial charge in [0.05, 0.1) is 31.3 Å². The molecule has 0 unspecified atom stereocenters. The highest BCUT2D eigenvalue weighted by Crippen LogP contribution is 2.21. The number of aliphatic hydroxyl groups excluding tert-OH is 1. The number of nitrogens with two attached hydrogens (primary N) is 7. The number of rotatable bonds is 54. The first kappa shape index (κ1) is 114. The van der Waals surface area contributed by atoms with Crippen LogP contribution in [-0.4, -0.2) is 247 Å². The van der Waals surface area contributed by atoms with Gasteiger partial charge >= 0.3 is 0 Å². The Morgan fingerprint density at radius 1 is 0.537 bits per heavy atom. The van der Waals surface area contributed by atoms with Crippen LogP contribution in [0.4, 0.5) is 0 Å². The van der Waals surface area contributed by atoms with E-state index in [0.717, 1.165) is 36.6 Å².